The van der Waals surface area contributed by atoms with E-state index in [1.165, 1.54) is 24.0 Å². The van der Waals surface area contributed by atoms with Crippen LogP contribution in [0.3, 0.4) is 0 Å². The highest BCUT2D eigenvalue weighted by Crippen LogP contribution is 2.46. The molecule has 1 aromatic carbocycles. The number of nitrogen functional groups attached to an aromatic ring is 1. The first kappa shape index (κ1) is 14.1. The maximum atomic E-state index is 5.82. The summed E-state index contributed by atoms with van der Waals surface area (Å²) in [6.45, 7) is 9.38. The summed E-state index contributed by atoms with van der Waals surface area (Å²) >= 11 is 0. The maximum Gasteiger partial charge on any atom is 0.124 e. The first-order valence-corrected chi connectivity index (χ1v) is 7.68. The number of pyridine rings is 1. The minimum Gasteiger partial charge on any atom is -0.384 e. The van der Waals surface area contributed by atoms with Crippen LogP contribution < -0.4 is 5.73 Å². The zero-order chi connectivity index (χ0) is 15.3. The Morgan fingerprint density at radius 1 is 0.905 bits per heavy atom. The van der Waals surface area contributed by atoms with Gasteiger partial charge in [-0.05, 0) is 53.0 Å². The van der Waals surface area contributed by atoms with Crippen LogP contribution in [0.1, 0.15) is 51.7 Å². The molecule has 0 spiro atoms. The second-order valence-electron chi connectivity index (χ2n) is 7.48. The van der Waals surface area contributed by atoms with Gasteiger partial charge in [-0.25, -0.2) is 4.98 Å². The van der Waals surface area contributed by atoms with Gasteiger partial charge in [0, 0.05) is 5.56 Å². The molecule has 1 aromatic heterocycles. The predicted octanol–water partition coefficient (Wildman–Crippen LogP) is 4.68. The van der Waals surface area contributed by atoms with Crippen LogP contribution in [0, 0.1) is 0 Å². The van der Waals surface area contributed by atoms with Gasteiger partial charge in [-0.3, -0.25) is 0 Å². The Morgan fingerprint density at radius 3 is 2.24 bits per heavy atom. The van der Waals surface area contributed by atoms with Crippen molar-refractivity contribution in [2.24, 2.45) is 0 Å². The summed E-state index contributed by atoms with van der Waals surface area (Å²) in [5, 5.41) is 0. The van der Waals surface area contributed by atoms with E-state index in [-0.39, 0.29) is 10.8 Å². The molecule has 1 aliphatic carbocycles. The number of hydrogen-bond acceptors (Lipinski definition) is 2. The molecule has 0 bridgehead atoms. The third kappa shape index (κ3) is 2.44. The molecule has 0 aliphatic heterocycles. The standard InChI is InChI=1S/C19H24N2/c1-18(2)10-11-19(3,4)15-12-13(8-9-14(15)18)16-6-5-7-17(20)21-16/h5-9,12H,10-11H2,1-4H3,(H2,20,21). The summed E-state index contributed by atoms with van der Waals surface area (Å²) in [5.41, 5.74) is 11.4. The monoisotopic (exact) mass is 280 g/mol. The van der Waals surface area contributed by atoms with Gasteiger partial charge in [0.1, 0.15) is 5.82 Å². The van der Waals surface area contributed by atoms with Crippen molar-refractivity contribution in [3.8, 4) is 11.3 Å². The molecule has 0 unspecified atom stereocenters. The molecule has 3 rings (SSSR count). The molecular formula is C19H24N2. The van der Waals surface area contributed by atoms with Gasteiger partial charge in [0.05, 0.1) is 5.69 Å². The summed E-state index contributed by atoms with van der Waals surface area (Å²) in [5.74, 6) is 0.574. The maximum absolute atomic E-state index is 5.82. The van der Waals surface area contributed by atoms with Gasteiger partial charge in [-0.1, -0.05) is 45.9 Å². The lowest BCUT2D eigenvalue weighted by molar-refractivity contribution is 0.332. The molecule has 0 amide bonds. The van der Waals surface area contributed by atoms with Crippen LogP contribution in [0.4, 0.5) is 5.82 Å². The van der Waals surface area contributed by atoms with Crippen LogP contribution in [-0.2, 0) is 10.8 Å². The van der Waals surface area contributed by atoms with Crippen molar-refractivity contribution in [2.75, 3.05) is 5.73 Å². The van der Waals surface area contributed by atoms with Crippen LogP contribution in [0.2, 0.25) is 0 Å². The normalized spacial score (nSPS) is 19.0. The lowest BCUT2D eigenvalue weighted by atomic mass is 9.63. The zero-order valence-electron chi connectivity index (χ0n) is 13.4. The molecule has 110 valence electrons. The molecule has 0 fully saturated rings. The fourth-order valence-corrected chi connectivity index (χ4v) is 3.36. The van der Waals surface area contributed by atoms with Crippen molar-refractivity contribution in [2.45, 2.75) is 51.4 Å². The van der Waals surface area contributed by atoms with E-state index in [0.717, 1.165) is 11.3 Å². The van der Waals surface area contributed by atoms with Crippen molar-refractivity contribution in [3.63, 3.8) is 0 Å². The van der Waals surface area contributed by atoms with E-state index in [4.69, 9.17) is 5.73 Å². The zero-order valence-corrected chi connectivity index (χ0v) is 13.4. The van der Waals surface area contributed by atoms with E-state index in [0.29, 0.717) is 5.82 Å². The lowest BCUT2D eigenvalue weighted by Gasteiger charge is -2.42. The number of anilines is 1. The largest absolute Gasteiger partial charge is 0.384 e. The van der Waals surface area contributed by atoms with Crippen molar-refractivity contribution in [3.05, 3.63) is 47.5 Å². The second kappa shape index (κ2) is 4.59. The predicted molar refractivity (Wildman–Crippen MR) is 89.4 cm³/mol. The van der Waals surface area contributed by atoms with E-state index in [2.05, 4.69) is 50.9 Å². The fraction of sp³-hybridized carbons (Fsp3) is 0.421. The van der Waals surface area contributed by atoms with Crippen molar-refractivity contribution < 1.29 is 0 Å². The van der Waals surface area contributed by atoms with Gasteiger partial charge in [0.2, 0.25) is 0 Å². The number of hydrogen-bond donors (Lipinski definition) is 1. The smallest absolute Gasteiger partial charge is 0.124 e. The summed E-state index contributed by atoms with van der Waals surface area (Å²) in [7, 11) is 0. The van der Waals surface area contributed by atoms with Crippen LogP contribution in [0.25, 0.3) is 11.3 Å². The number of rotatable bonds is 1. The molecule has 0 saturated heterocycles. The number of benzene rings is 1. The first-order chi connectivity index (χ1) is 9.79. The Labute approximate surface area is 127 Å². The van der Waals surface area contributed by atoms with Crippen molar-refractivity contribution >= 4 is 5.82 Å². The van der Waals surface area contributed by atoms with Crippen LogP contribution in [-0.4, -0.2) is 4.98 Å². The topological polar surface area (TPSA) is 38.9 Å². The fourth-order valence-electron chi connectivity index (χ4n) is 3.36. The van der Waals surface area contributed by atoms with Gasteiger partial charge in [0.25, 0.3) is 0 Å². The van der Waals surface area contributed by atoms with Crippen LogP contribution in [0.15, 0.2) is 36.4 Å². The molecule has 1 heterocycles. The van der Waals surface area contributed by atoms with Gasteiger partial charge >= 0.3 is 0 Å². The highest BCUT2D eigenvalue weighted by atomic mass is 14.8. The number of nitrogens with zero attached hydrogens (tertiary/aromatic N) is 1. The summed E-state index contributed by atoms with van der Waals surface area (Å²) in [6.07, 6.45) is 2.46. The molecule has 0 radical (unpaired) electrons. The van der Waals surface area contributed by atoms with Gasteiger partial charge < -0.3 is 5.73 Å². The van der Waals surface area contributed by atoms with Crippen LogP contribution >= 0.6 is 0 Å². The van der Waals surface area contributed by atoms with E-state index in [1.807, 2.05) is 18.2 Å². The average Bonchev–Trinajstić information content (AvgIpc) is 2.44. The number of nitrogens with two attached hydrogens (primary N) is 1. The van der Waals surface area contributed by atoms with E-state index in [1.54, 1.807) is 0 Å². The van der Waals surface area contributed by atoms with E-state index in [9.17, 15) is 0 Å². The Balaban J connectivity index is 2.16. The quantitative estimate of drug-likeness (QED) is 0.823. The Bertz CT molecular complexity index is 684. The third-order valence-corrected chi connectivity index (χ3v) is 4.92. The molecule has 2 N–H and O–H groups in total. The first-order valence-electron chi connectivity index (χ1n) is 7.68. The molecule has 2 nitrogen and oxygen atoms in total. The Kier molecular flexibility index (Phi) is 3.09. The summed E-state index contributed by atoms with van der Waals surface area (Å²) < 4.78 is 0. The van der Waals surface area contributed by atoms with Gasteiger partial charge in [-0.2, -0.15) is 0 Å². The number of fused-ring (bicyclic) bond motifs is 1. The van der Waals surface area contributed by atoms with Crippen molar-refractivity contribution in [1.29, 1.82) is 0 Å². The molecule has 0 saturated carbocycles. The summed E-state index contributed by atoms with van der Waals surface area (Å²) in [6, 6.07) is 12.6. The second-order valence-corrected chi connectivity index (χ2v) is 7.48. The number of aromatic nitrogens is 1. The highest BCUT2D eigenvalue weighted by molar-refractivity contribution is 5.64. The van der Waals surface area contributed by atoms with Gasteiger partial charge in [-0.15, -0.1) is 0 Å². The average molecular weight is 280 g/mol. The molecule has 1 aliphatic rings. The molecule has 2 aromatic rings. The molecule has 2 heteroatoms. The Hall–Kier alpha value is -1.83. The van der Waals surface area contributed by atoms with E-state index >= 15 is 0 Å². The van der Waals surface area contributed by atoms with Crippen molar-refractivity contribution in [1.82, 2.24) is 4.98 Å². The van der Waals surface area contributed by atoms with Crippen LogP contribution in [0.5, 0.6) is 0 Å². The SMILES string of the molecule is CC1(C)CCC(C)(C)c2cc(-c3cccc(N)n3)ccc21. The summed E-state index contributed by atoms with van der Waals surface area (Å²) in [4.78, 5) is 4.45. The third-order valence-electron chi connectivity index (χ3n) is 4.92. The Morgan fingerprint density at radius 2 is 1.57 bits per heavy atom. The van der Waals surface area contributed by atoms with Gasteiger partial charge in [0.15, 0.2) is 0 Å². The lowest BCUT2D eigenvalue weighted by Crippen LogP contribution is -2.33. The molecule has 0 atom stereocenters. The van der Waals surface area contributed by atoms with E-state index < -0.39 is 0 Å². The minimum absolute atomic E-state index is 0.223. The molecule has 21 heavy (non-hydrogen) atoms. The highest BCUT2D eigenvalue weighted by Gasteiger charge is 2.36. The molecular weight excluding hydrogens is 256 g/mol. The minimum atomic E-state index is 0.223.